The van der Waals surface area contributed by atoms with E-state index in [9.17, 15) is 0 Å². The van der Waals surface area contributed by atoms with Crippen molar-refractivity contribution in [1.82, 2.24) is 0 Å². The van der Waals surface area contributed by atoms with Crippen LogP contribution < -0.4 is 5.73 Å². The third kappa shape index (κ3) is 6.37. The van der Waals surface area contributed by atoms with Gasteiger partial charge in [0, 0.05) is 0 Å². The molecule has 64 valence electrons. The molecule has 0 aliphatic heterocycles. The molecule has 0 bridgehead atoms. The predicted molar refractivity (Wildman–Crippen MR) is 49.5 cm³/mol. The van der Waals surface area contributed by atoms with Gasteiger partial charge in [-0.2, -0.15) is 0 Å². The van der Waals surface area contributed by atoms with E-state index in [1.165, 1.54) is 12.8 Å². The van der Waals surface area contributed by atoms with Gasteiger partial charge >= 0.3 is 0 Å². The van der Waals surface area contributed by atoms with Gasteiger partial charge in [-0.15, -0.1) is 12.4 Å². The Morgan fingerprint density at radius 3 is 1.90 bits per heavy atom. The van der Waals surface area contributed by atoms with Crippen LogP contribution in [-0.2, 0) is 0 Å². The Morgan fingerprint density at radius 1 is 1.30 bits per heavy atom. The van der Waals surface area contributed by atoms with Gasteiger partial charge in [-0.3, -0.25) is 0 Å². The van der Waals surface area contributed by atoms with Crippen LogP contribution in [0.3, 0.4) is 0 Å². The molecule has 10 heavy (non-hydrogen) atoms. The summed E-state index contributed by atoms with van der Waals surface area (Å²) in [6, 6.07) is 0. The van der Waals surface area contributed by atoms with E-state index in [1.807, 2.05) is 0 Å². The smallest absolute Gasteiger partial charge is 0.00489 e. The Morgan fingerprint density at radius 2 is 1.80 bits per heavy atom. The van der Waals surface area contributed by atoms with Crippen molar-refractivity contribution in [3.8, 4) is 0 Å². The Balaban J connectivity index is 0. The number of hydrogen-bond acceptors (Lipinski definition) is 1. The van der Waals surface area contributed by atoms with Crippen LogP contribution in [0.2, 0.25) is 0 Å². The van der Waals surface area contributed by atoms with Crippen molar-refractivity contribution in [2.45, 2.75) is 33.6 Å². The monoisotopic (exact) mass is 165 g/mol. The number of hydrogen-bond donors (Lipinski definition) is 1. The summed E-state index contributed by atoms with van der Waals surface area (Å²) >= 11 is 0. The van der Waals surface area contributed by atoms with Crippen molar-refractivity contribution in [2.24, 2.45) is 17.6 Å². The Kier molecular flexibility index (Phi) is 9.48. The lowest BCUT2D eigenvalue weighted by Crippen LogP contribution is -2.15. The van der Waals surface area contributed by atoms with E-state index >= 15 is 0 Å². The zero-order valence-electron chi connectivity index (χ0n) is 7.26. The molecule has 0 aromatic carbocycles. The van der Waals surface area contributed by atoms with Gasteiger partial charge in [0.1, 0.15) is 0 Å². The highest BCUT2D eigenvalue weighted by Crippen LogP contribution is 2.12. The van der Waals surface area contributed by atoms with Crippen molar-refractivity contribution in [3.05, 3.63) is 0 Å². The van der Waals surface area contributed by atoms with E-state index in [1.54, 1.807) is 0 Å². The minimum Gasteiger partial charge on any atom is -0.330 e. The summed E-state index contributed by atoms with van der Waals surface area (Å²) in [5, 5.41) is 0. The normalized spacial score (nSPS) is 12.9. The van der Waals surface area contributed by atoms with Crippen LogP contribution in [0.4, 0.5) is 0 Å². The van der Waals surface area contributed by atoms with E-state index in [0.29, 0.717) is 0 Å². The lowest BCUT2D eigenvalue weighted by molar-refractivity contribution is 0.407. The topological polar surface area (TPSA) is 26.0 Å². The fraction of sp³-hybridized carbons (Fsp3) is 1.00. The molecule has 0 fully saturated rings. The van der Waals surface area contributed by atoms with Gasteiger partial charge in [0.05, 0.1) is 0 Å². The third-order valence-electron chi connectivity index (χ3n) is 1.72. The zero-order chi connectivity index (χ0) is 7.28. The molecule has 2 N–H and O–H groups in total. The van der Waals surface area contributed by atoms with Gasteiger partial charge in [0.2, 0.25) is 0 Å². The fourth-order valence-electron chi connectivity index (χ4n) is 1.10. The molecule has 0 radical (unpaired) electrons. The van der Waals surface area contributed by atoms with Crippen LogP contribution in [0.15, 0.2) is 0 Å². The highest BCUT2D eigenvalue weighted by molar-refractivity contribution is 5.85. The molecule has 2 heteroatoms. The first-order chi connectivity index (χ1) is 4.20. The highest BCUT2D eigenvalue weighted by atomic mass is 35.5. The average Bonchev–Trinajstić information content (AvgIpc) is 1.82. The first-order valence-corrected chi connectivity index (χ1v) is 3.90. The van der Waals surface area contributed by atoms with E-state index < -0.39 is 0 Å². The molecule has 0 aliphatic rings. The van der Waals surface area contributed by atoms with Gasteiger partial charge in [0.15, 0.2) is 0 Å². The lowest BCUT2D eigenvalue weighted by Gasteiger charge is -2.13. The van der Waals surface area contributed by atoms with Crippen LogP contribution in [0, 0.1) is 11.8 Å². The van der Waals surface area contributed by atoms with Gasteiger partial charge < -0.3 is 5.73 Å². The van der Waals surface area contributed by atoms with Crippen LogP contribution in [0.25, 0.3) is 0 Å². The molecule has 0 spiro atoms. The van der Waals surface area contributed by atoms with E-state index in [2.05, 4.69) is 20.8 Å². The summed E-state index contributed by atoms with van der Waals surface area (Å²) in [6.07, 6.45) is 2.52. The molecule has 1 atom stereocenters. The highest BCUT2D eigenvalue weighted by Gasteiger charge is 2.04. The molecule has 0 saturated heterocycles. The zero-order valence-corrected chi connectivity index (χ0v) is 8.08. The minimum absolute atomic E-state index is 0. The maximum absolute atomic E-state index is 5.53. The van der Waals surface area contributed by atoms with Crippen molar-refractivity contribution in [3.63, 3.8) is 0 Å². The van der Waals surface area contributed by atoms with E-state index in [4.69, 9.17) is 5.73 Å². The lowest BCUT2D eigenvalue weighted by atomic mass is 9.95. The molecular formula is C8H20ClN. The Bertz CT molecular complexity index is 60.3. The molecule has 1 nitrogen and oxygen atoms in total. The maximum atomic E-state index is 5.53. The molecule has 0 heterocycles. The molecule has 0 aromatic rings. The predicted octanol–water partition coefficient (Wildman–Crippen LogP) is 2.44. The molecule has 0 aromatic heterocycles. The average molecular weight is 166 g/mol. The molecule has 0 aliphatic carbocycles. The SMILES string of the molecule is CCC(CN)CC(C)C.Cl. The molecule has 0 saturated carbocycles. The second kappa shape index (κ2) is 7.36. The van der Waals surface area contributed by atoms with Crippen LogP contribution >= 0.6 is 12.4 Å². The quantitative estimate of drug-likeness (QED) is 0.681. The van der Waals surface area contributed by atoms with Crippen molar-refractivity contribution in [1.29, 1.82) is 0 Å². The van der Waals surface area contributed by atoms with Gasteiger partial charge in [-0.05, 0) is 24.8 Å². The summed E-state index contributed by atoms with van der Waals surface area (Å²) in [4.78, 5) is 0. The Hall–Kier alpha value is 0.250. The molecular weight excluding hydrogens is 146 g/mol. The second-order valence-corrected chi connectivity index (χ2v) is 3.14. The van der Waals surface area contributed by atoms with Crippen LogP contribution in [-0.4, -0.2) is 6.54 Å². The summed E-state index contributed by atoms with van der Waals surface area (Å²) in [5.41, 5.74) is 5.53. The van der Waals surface area contributed by atoms with Crippen LogP contribution in [0.1, 0.15) is 33.6 Å². The summed E-state index contributed by atoms with van der Waals surface area (Å²) in [7, 11) is 0. The second-order valence-electron chi connectivity index (χ2n) is 3.14. The summed E-state index contributed by atoms with van der Waals surface area (Å²) < 4.78 is 0. The fourth-order valence-corrected chi connectivity index (χ4v) is 1.10. The van der Waals surface area contributed by atoms with Gasteiger partial charge in [0.25, 0.3) is 0 Å². The summed E-state index contributed by atoms with van der Waals surface area (Å²) in [5.74, 6) is 1.56. The first kappa shape index (κ1) is 12.9. The van der Waals surface area contributed by atoms with E-state index in [-0.39, 0.29) is 12.4 Å². The molecule has 0 rings (SSSR count). The van der Waals surface area contributed by atoms with Crippen molar-refractivity contribution >= 4 is 12.4 Å². The molecule has 1 unspecified atom stereocenters. The van der Waals surface area contributed by atoms with Crippen LogP contribution in [0.5, 0.6) is 0 Å². The standard InChI is InChI=1S/C8H19N.ClH/c1-4-8(6-9)5-7(2)3;/h7-8H,4-6,9H2,1-3H3;1H. The number of nitrogens with two attached hydrogens (primary N) is 1. The summed E-state index contributed by atoms with van der Waals surface area (Å²) in [6.45, 7) is 7.56. The third-order valence-corrected chi connectivity index (χ3v) is 1.72. The van der Waals surface area contributed by atoms with Gasteiger partial charge in [-0.1, -0.05) is 27.2 Å². The maximum Gasteiger partial charge on any atom is -0.00489 e. The molecule has 0 amide bonds. The van der Waals surface area contributed by atoms with Crippen molar-refractivity contribution < 1.29 is 0 Å². The first-order valence-electron chi connectivity index (χ1n) is 3.90. The van der Waals surface area contributed by atoms with Crippen molar-refractivity contribution in [2.75, 3.05) is 6.54 Å². The van der Waals surface area contributed by atoms with Gasteiger partial charge in [-0.25, -0.2) is 0 Å². The Labute approximate surface area is 70.8 Å². The number of halogens is 1. The minimum atomic E-state index is 0. The largest absolute Gasteiger partial charge is 0.330 e. The van der Waals surface area contributed by atoms with E-state index in [0.717, 1.165) is 18.4 Å². The number of rotatable bonds is 4.